The van der Waals surface area contributed by atoms with Crippen molar-refractivity contribution in [3.05, 3.63) is 0 Å². The molecule has 1 rings (SSSR count). The maximum absolute atomic E-state index is 11.8. The summed E-state index contributed by atoms with van der Waals surface area (Å²) in [7, 11) is 0. The first-order chi connectivity index (χ1) is 4.55. The SMILES string of the molecule is CCN[C@H]1CC1C(F)(F)F. The minimum atomic E-state index is -3.98. The fourth-order valence-corrected chi connectivity index (χ4v) is 1.04. The minimum Gasteiger partial charge on any atom is -0.314 e. The molecule has 1 fully saturated rings. The Morgan fingerprint density at radius 2 is 2.10 bits per heavy atom. The maximum Gasteiger partial charge on any atom is 0.393 e. The van der Waals surface area contributed by atoms with Crippen LogP contribution >= 0.6 is 0 Å². The molecule has 0 aromatic carbocycles. The number of nitrogens with one attached hydrogen (secondary N) is 1. The van der Waals surface area contributed by atoms with Crippen molar-refractivity contribution in [2.45, 2.75) is 25.6 Å². The number of rotatable bonds is 2. The third-order valence-corrected chi connectivity index (χ3v) is 1.68. The average molecular weight is 153 g/mol. The third-order valence-electron chi connectivity index (χ3n) is 1.68. The molecule has 0 aromatic rings. The monoisotopic (exact) mass is 153 g/mol. The Hall–Kier alpha value is -0.250. The van der Waals surface area contributed by atoms with Crippen LogP contribution in [-0.2, 0) is 0 Å². The molecule has 1 aliphatic carbocycles. The van der Waals surface area contributed by atoms with Gasteiger partial charge in [0.15, 0.2) is 0 Å². The van der Waals surface area contributed by atoms with E-state index in [2.05, 4.69) is 5.32 Å². The van der Waals surface area contributed by atoms with Crippen LogP contribution in [0.1, 0.15) is 13.3 Å². The Morgan fingerprint density at radius 3 is 2.40 bits per heavy atom. The summed E-state index contributed by atoms with van der Waals surface area (Å²) in [6.45, 7) is 2.43. The average Bonchev–Trinajstić information content (AvgIpc) is 2.44. The predicted octanol–water partition coefficient (Wildman–Crippen LogP) is 1.55. The van der Waals surface area contributed by atoms with E-state index < -0.39 is 12.1 Å². The Balaban J connectivity index is 2.25. The number of hydrogen-bond acceptors (Lipinski definition) is 1. The summed E-state index contributed by atoms with van der Waals surface area (Å²) in [5, 5.41) is 2.76. The fourth-order valence-electron chi connectivity index (χ4n) is 1.04. The molecule has 1 nitrogen and oxygen atoms in total. The molecular weight excluding hydrogens is 143 g/mol. The van der Waals surface area contributed by atoms with Crippen molar-refractivity contribution in [1.82, 2.24) is 5.32 Å². The van der Waals surface area contributed by atoms with E-state index in [1.165, 1.54) is 0 Å². The molecule has 60 valence electrons. The van der Waals surface area contributed by atoms with Gasteiger partial charge in [0.2, 0.25) is 0 Å². The van der Waals surface area contributed by atoms with Gasteiger partial charge in [0.1, 0.15) is 0 Å². The topological polar surface area (TPSA) is 12.0 Å². The van der Waals surface area contributed by atoms with Gasteiger partial charge in [-0.05, 0) is 13.0 Å². The van der Waals surface area contributed by atoms with Crippen molar-refractivity contribution >= 4 is 0 Å². The van der Waals surface area contributed by atoms with Crippen LogP contribution < -0.4 is 5.32 Å². The third kappa shape index (κ3) is 1.62. The molecule has 1 saturated carbocycles. The van der Waals surface area contributed by atoms with Crippen LogP contribution in [0, 0.1) is 5.92 Å². The summed E-state index contributed by atoms with van der Waals surface area (Å²) in [6, 6.07) is -0.301. The molecule has 2 atom stereocenters. The molecule has 0 aliphatic heterocycles. The number of alkyl halides is 3. The zero-order valence-corrected chi connectivity index (χ0v) is 5.70. The van der Waals surface area contributed by atoms with E-state index in [0.29, 0.717) is 6.54 Å². The van der Waals surface area contributed by atoms with Gasteiger partial charge < -0.3 is 5.32 Å². The second-order valence-electron chi connectivity index (χ2n) is 2.55. The summed E-state index contributed by atoms with van der Waals surface area (Å²) in [5.41, 5.74) is 0. The van der Waals surface area contributed by atoms with Crippen molar-refractivity contribution < 1.29 is 13.2 Å². The molecule has 10 heavy (non-hydrogen) atoms. The van der Waals surface area contributed by atoms with Crippen LogP contribution in [0.4, 0.5) is 13.2 Å². The zero-order valence-electron chi connectivity index (χ0n) is 5.70. The first-order valence-electron chi connectivity index (χ1n) is 3.35. The summed E-state index contributed by atoms with van der Waals surface area (Å²) in [5.74, 6) is -1.08. The number of hydrogen-bond donors (Lipinski definition) is 1. The fraction of sp³-hybridized carbons (Fsp3) is 1.00. The Labute approximate surface area is 57.6 Å². The highest BCUT2D eigenvalue weighted by atomic mass is 19.4. The highest BCUT2D eigenvalue weighted by Crippen LogP contribution is 2.44. The first kappa shape index (κ1) is 7.85. The van der Waals surface area contributed by atoms with Crippen LogP contribution in [0.3, 0.4) is 0 Å². The van der Waals surface area contributed by atoms with Crippen molar-refractivity contribution in [2.75, 3.05) is 6.54 Å². The van der Waals surface area contributed by atoms with Crippen LogP contribution in [0.2, 0.25) is 0 Å². The van der Waals surface area contributed by atoms with E-state index in [-0.39, 0.29) is 12.5 Å². The molecule has 4 heteroatoms. The van der Waals surface area contributed by atoms with Gasteiger partial charge in [-0.15, -0.1) is 0 Å². The molecule has 0 bridgehead atoms. The predicted molar refractivity (Wildman–Crippen MR) is 31.6 cm³/mol. The second kappa shape index (κ2) is 2.42. The number of halogens is 3. The molecule has 1 N–H and O–H groups in total. The van der Waals surface area contributed by atoms with Crippen molar-refractivity contribution in [3.63, 3.8) is 0 Å². The lowest BCUT2D eigenvalue weighted by molar-refractivity contribution is -0.149. The quantitative estimate of drug-likeness (QED) is 0.634. The van der Waals surface area contributed by atoms with Crippen LogP contribution in [0.5, 0.6) is 0 Å². The van der Waals surface area contributed by atoms with Gasteiger partial charge in [0.25, 0.3) is 0 Å². The van der Waals surface area contributed by atoms with Gasteiger partial charge >= 0.3 is 6.18 Å². The zero-order chi connectivity index (χ0) is 7.78. The highest BCUT2D eigenvalue weighted by Gasteiger charge is 2.55. The van der Waals surface area contributed by atoms with Crippen molar-refractivity contribution in [1.29, 1.82) is 0 Å². The first-order valence-corrected chi connectivity index (χ1v) is 3.35. The van der Waals surface area contributed by atoms with Crippen LogP contribution in [-0.4, -0.2) is 18.8 Å². The summed E-state index contributed by atoms with van der Waals surface area (Å²) in [6.07, 6.45) is -3.72. The molecule has 0 spiro atoms. The van der Waals surface area contributed by atoms with Gasteiger partial charge in [0.05, 0.1) is 5.92 Å². The van der Waals surface area contributed by atoms with E-state index >= 15 is 0 Å². The lowest BCUT2D eigenvalue weighted by Crippen LogP contribution is -2.23. The van der Waals surface area contributed by atoms with Gasteiger partial charge in [-0.1, -0.05) is 6.92 Å². The smallest absolute Gasteiger partial charge is 0.314 e. The lowest BCUT2D eigenvalue weighted by atomic mass is 10.4. The van der Waals surface area contributed by atoms with E-state index in [4.69, 9.17) is 0 Å². The molecule has 0 heterocycles. The van der Waals surface area contributed by atoms with Gasteiger partial charge in [0, 0.05) is 6.04 Å². The van der Waals surface area contributed by atoms with E-state index in [0.717, 1.165) is 0 Å². The largest absolute Gasteiger partial charge is 0.393 e. The molecule has 0 saturated heterocycles. The van der Waals surface area contributed by atoms with Gasteiger partial charge in [-0.3, -0.25) is 0 Å². The molecule has 0 aromatic heterocycles. The maximum atomic E-state index is 11.8. The molecule has 0 amide bonds. The summed E-state index contributed by atoms with van der Waals surface area (Å²) >= 11 is 0. The lowest BCUT2D eigenvalue weighted by Gasteiger charge is -2.04. The van der Waals surface area contributed by atoms with Crippen LogP contribution in [0.25, 0.3) is 0 Å². The second-order valence-corrected chi connectivity index (χ2v) is 2.55. The van der Waals surface area contributed by atoms with Crippen molar-refractivity contribution in [2.24, 2.45) is 5.92 Å². The highest BCUT2D eigenvalue weighted by molar-refractivity contribution is 4.97. The standard InChI is InChI=1S/C6H10F3N/c1-2-10-5-3-4(5)6(7,8)9/h4-5,10H,2-3H2,1H3/t4?,5-/m0/s1. The Morgan fingerprint density at radius 1 is 1.50 bits per heavy atom. The van der Waals surface area contributed by atoms with E-state index in [1.807, 2.05) is 6.92 Å². The summed E-state index contributed by atoms with van der Waals surface area (Å²) in [4.78, 5) is 0. The van der Waals surface area contributed by atoms with Crippen molar-refractivity contribution in [3.8, 4) is 0 Å². The van der Waals surface area contributed by atoms with Gasteiger partial charge in [-0.2, -0.15) is 13.2 Å². The van der Waals surface area contributed by atoms with E-state index in [1.54, 1.807) is 0 Å². The Bertz CT molecular complexity index is 121. The Kier molecular flexibility index (Phi) is 1.90. The van der Waals surface area contributed by atoms with E-state index in [9.17, 15) is 13.2 Å². The minimum absolute atomic E-state index is 0.261. The summed E-state index contributed by atoms with van der Waals surface area (Å²) < 4.78 is 35.3. The van der Waals surface area contributed by atoms with Crippen LogP contribution in [0.15, 0.2) is 0 Å². The molecule has 1 aliphatic rings. The molecular formula is C6H10F3N. The molecule has 1 unspecified atom stereocenters. The van der Waals surface area contributed by atoms with Gasteiger partial charge in [-0.25, -0.2) is 0 Å². The molecule has 0 radical (unpaired) electrons. The normalized spacial score (nSPS) is 32.4.